The van der Waals surface area contributed by atoms with Gasteiger partial charge < -0.3 is 9.47 Å². The Morgan fingerprint density at radius 2 is 2.19 bits per heavy atom. The predicted molar refractivity (Wildman–Crippen MR) is 74.4 cm³/mol. The first kappa shape index (κ1) is 16.8. The molecular formula is C12H14BrF2NO4S. The van der Waals surface area contributed by atoms with Gasteiger partial charge in [0.1, 0.15) is 22.1 Å². The molecule has 1 aromatic rings. The quantitative estimate of drug-likeness (QED) is 0.839. The minimum absolute atomic E-state index is 0.0604. The average Bonchev–Trinajstić information content (AvgIpc) is 2.84. The lowest BCUT2D eigenvalue weighted by Gasteiger charge is -2.25. The number of sulfonamides is 1. The molecule has 0 radical (unpaired) electrons. The highest BCUT2D eigenvalue weighted by molar-refractivity contribution is 9.10. The van der Waals surface area contributed by atoms with E-state index in [4.69, 9.17) is 9.47 Å². The number of hydrogen-bond donors (Lipinski definition) is 1. The summed E-state index contributed by atoms with van der Waals surface area (Å²) >= 11 is 2.86. The number of nitrogens with one attached hydrogen (secondary N) is 1. The molecule has 2 rings (SSSR count). The zero-order valence-corrected chi connectivity index (χ0v) is 13.6. The third-order valence-electron chi connectivity index (χ3n) is 3.32. The maximum Gasteiger partial charge on any atom is 0.244 e. The van der Waals surface area contributed by atoms with Gasteiger partial charge in [-0.3, -0.25) is 0 Å². The Morgan fingerprint density at radius 3 is 2.71 bits per heavy atom. The summed E-state index contributed by atoms with van der Waals surface area (Å²) in [5.41, 5.74) is -0.768. The summed E-state index contributed by atoms with van der Waals surface area (Å²) in [7, 11) is -2.69. The third kappa shape index (κ3) is 3.59. The Morgan fingerprint density at radius 1 is 1.48 bits per heavy atom. The van der Waals surface area contributed by atoms with Crippen molar-refractivity contribution in [3.8, 4) is 0 Å². The first-order valence-corrected chi connectivity index (χ1v) is 8.34. The zero-order valence-electron chi connectivity index (χ0n) is 11.2. The number of benzene rings is 1. The van der Waals surface area contributed by atoms with Crippen LogP contribution >= 0.6 is 15.9 Å². The van der Waals surface area contributed by atoms with Crippen molar-refractivity contribution in [3.63, 3.8) is 0 Å². The van der Waals surface area contributed by atoms with Crippen molar-refractivity contribution in [1.82, 2.24) is 4.72 Å². The first-order chi connectivity index (χ1) is 9.80. The summed E-state index contributed by atoms with van der Waals surface area (Å²) in [4.78, 5) is -0.630. The Hall–Kier alpha value is -0.610. The number of methoxy groups -OCH3 is 1. The molecule has 0 aliphatic carbocycles. The van der Waals surface area contributed by atoms with Crippen molar-refractivity contribution in [3.05, 3.63) is 28.2 Å². The second-order valence-corrected chi connectivity index (χ2v) is 7.27. The molecule has 21 heavy (non-hydrogen) atoms. The highest BCUT2D eigenvalue weighted by Crippen LogP contribution is 2.27. The normalized spacial score (nSPS) is 22.7. The van der Waals surface area contributed by atoms with Crippen molar-refractivity contribution in [2.24, 2.45) is 0 Å². The molecule has 0 amide bonds. The smallest absolute Gasteiger partial charge is 0.244 e. The van der Waals surface area contributed by atoms with E-state index in [1.54, 1.807) is 0 Å². The van der Waals surface area contributed by atoms with Crippen LogP contribution in [0.4, 0.5) is 8.78 Å². The fourth-order valence-electron chi connectivity index (χ4n) is 2.05. The topological polar surface area (TPSA) is 64.6 Å². The van der Waals surface area contributed by atoms with Crippen LogP contribution in [0.25, 0.3) is 0 Å². The van der Waals surface area contributed by atoms with Gasteiger partial charge in [-0.05, 0) is 22.0 Å². The minimum Gasteiger partial charge on any atom is -0.378 e. The van der Waals surface area contributed by atoms with Gasteiger partial charge in [0.05, 0.1) is 6.61 Å². The van der Waals surface area contributed by atoms with Crippen LogP contribution in [0.2, 0.25) is 0 Å². The Kier molecular flexibility index (Phi) is 4.99. The van der Waals surface area contributed by atoms with Crippen LogP contribution < -0.4 is 4.72 Å². The molecule has 9 heteroatoms. The van der Waals surface area contributed by atoms with Crippen LogP contribution in [0.5, 0.6) is 0 Å². The van der Waals surface area contributed by atoms with Gasteiger partial charge in [0.2, 0.25) is 10.0 Å². The molecule has 1 N–H and O–H groups in total. The lowest BCUT2D eigenvalue weighted by atomic mass is 10.0. The summed E-state index contributed by atoms with van der Waals surface area (Å²) in [5, 5.41) is 0. The second-order valence-electron chi connectivity index (χ2n) is 4.71. The summed E-state index contributed by atoms with van der Waals surface area (Å²) in [6.07, 6.45) is 0.527. The molecule has 0 spiro atoms. The molecule has 5 nitrogen and oxygen atoms in total. The molecule has 0 saturated carbocycles. The van der Waals surface area contributed by atoms with Crippen molar-refractivity contribution in [2.75, 3.05) is 26.9 Å². The fraction of sp³-hybridized carbons (Fsp3) is 0.500. The molecule has 1 fully saturated rings. The van der Waals surface area contributed by atoms with Crippen LogP contribution in [0, 0.1) is 11.6 Å². The maximum atomic E-state index is 13.7. The van der Waals surface area contributed by atoms with Crippen molar-refractivity contribution < 1.29 is 26.7 Å². The molecule has 1 aliphatic heterocycles. The minimum atomic E-state index is -4.15. The van der Waals surface area contributed by atoms with E-state index in [9.17, 15) is 17.2 Å². The van der Waals surface area contributed by atoms with Crippen LogP contribution in [0.3, 0.4) is 0 Å². The average molecular weight is 386 g/mol. The summed E-state index contributed by atoms with van der Waals surface area (Å²) in [6, 6.07) is 1.41. The summed E-state index contributed by atoms with van der Waals surface area (Å²) in [6.45, 7) is 0.651. The van der Waals surface area contributed by atoms with E-state index >= 15 is 0 Å². The number of rotatable bonds is 5. The van der Waals surface area contributed by atoms with E-state index in [2.05, 4.69) is 20.7 Å². The lowest BCUT2D eigenvalue weighted by molar-refractivity contribution is -0.0120. The van der Waals surface area contributed by atoms with Gasteiger partial charge in [-0.1, -0.05) is 0 Å². The van der Waals surface area contributed by atoms with Gasteiger partial charge in [0, 0.05) is 37.2 Å². The van der Waals surface area contributed by atoms with E-state index in [-0.39, 0.29) is 17.6 Å². The van der Waals surface area contributed by atoms with Crippen LogP contribution in [-0.2, 0) is 19.5 Å². The van der Waals surface area contributed by atoms with Gasteiger partial charge >= 0.3 is 0 Å². The highest BCUT2D eigenvalue weighted by atomic mass is 79.9. The van der Waals surface area contributed by atoms with E-state index in [0.717, 1.165) is 6.07 Å². The van der Waals surface area contributed by atoms with Gasteiger partial charge in [0.25, 0.3) is 0 Å². The molecule has 0 aromatic heterocycles. The van der Waals surface area contributed by atoms with Crippen molar-refractivity contribution >= 4 is 26.0 Å². The molecule has 1 aromatic carbocycles. The Balaban J connectivity index is 2.23. The monoisotopic (exact) mass is 385 g/mol. The van der Waals surface area contributed by atoms with Gasteiger partial charge in [-0.15, -0.1) is 0 Å². The van der Waals surface area contributed by atoms with Gasteiger partial charge in [-0.2, -0.15) is 0 Å². The fourth-order valence-corrected chi connectivity index (χ4v) is 4.32. The Labute approximate surface area is 129 Å². The molecule has 118 valence electrons. The first-order valence-electron chi connectivity index (χ1n) is 6.07. The number of hydrogen-bond acceptors (Lipinski definition) is 4. The molecular weight excluding hydrogens is 372 g/mol. The molecule has 1 aliphatic rings. The second kappa shape index (κ2) is 6.25. The highest BCUT2D eigenvalue weighted by Gasteiger charge is 2.37. The predicted octanol–water partition coefficient (Wildman–Crippen LogP) is 1.81. The van der Waals surface area contributed by atoms with E-state index in [0.29, 0.717) is 19.1 Å². The van der Waals surface area contributed by atoms with Crippen LogP contribution in [-0.4, -0.2) is 40.9 Å². The van der Waals surface area contributed by atoms with E-state index < -0.39 is 32.2 Å². The molecule has 1 saturated heterocycles. The lowest BCUT2D eigenvalue weighted by Crippen LogP contribution is -2.45. The third-order valence-corrected chi connectivity index (χ3v) is 5.68. The summed E-state index contributed by atoms with van der Waals surface area (Å²) in [5.74, 6) is -2.03. The molecule has 1 unspecified atom stereocenters. The number of ether oxygens (including phenoxy) is 2. The van der Waals surface area contributed by atoms with Crippen LogP contribution in [0.15, 0.2) is 21.5 Å². The molecule has 1 atom stereocenters. The largest absolute Gasteiger partial charge is 0.378 e. The molecule has 1 heterocycles. The van der Waals surface area contributed by atoms with E-state index in [1.807, 2.05) is 0 Å². The van der Waals surface area contributed by atoms with Crippen LogP contribution in [0.1, 0.15) is 6.42 Å². The number of halogens is 3. The SMILES string of the molecule is COC1(CNS(=O)(=O)c2c(F)cc(F)cc2Br)CCOC1. The van der Waals surface area contributed by atoms with Gasteiger partial charge in [0.15, 0.2) is 0 Å². The summed E-state index contributed by atoms with van der Waals surface area (Å²) < 4.78 is 63.8. The molecule has 0 bridgehead atoms. The maximum absolute atomic E-state index is 13.7. The van der Waals surface area contributed by atoms with Gasteiger partial charge in [-0.25, -0.2) is 21.9 Å². The van der Waals surface area contributed by atoms with E-state index in [1.165, 1.54) is 7.11 Å². The zero-order chi connectivity index (χ0) is 15.7. The standard InChI is InChI=1S/C12H14BrF2NO4S/c1-19-12(2-3-20-7-12)6-16-21(17,18)11-9(13)4-8(14)5-10(11)15/h4-5,16H,2-3,6-7H2,1H3. The van der Waals surface area contributed by atoms with Crippen molar-refractivity contribution in [2.45, 2.75) is 16.9 Å². The Bertz CT molecular complexity index is 609. The van der Waals surface area contributed by atoms with Crippen molar-refractivity contribution in [1.29, 1.82) is 0 Å².